The Bertz CT molecular complexity index is 860. The second-order valence-corrected chi connectivity index (χ2v) is 11.0. The van der Waals surface area contributed by atoms with E-state index in [1.54, 1.807) is 0 Å². The molecule has 2 N–H and O–H groups in total. The number of aliphatic carboxylic acids is 1. The van der Waals surface area contributed by atoms with Gasteiger partial charge in [0.05, 0.1) is 7.92 Å². The van der Waals surface area contributed by atoms with E-state index < -0.39 is 13.9 Å². The molecule has 3 aromatic rings. The van der Waals surface area contributed by atoms with Crippen LogP contribution in [0.25, 0.3) is 0 Å². The first-order chi connectivity index (χ1) is 16.1. The zero-order chi connectivity index (χ0) is 25.4. The lowest BCUT2D eigenvalue weighted by molar-refractivity contribution is -0.141. The van der Waals surface area contributed by atoms with Gasteiger partial charge in [-0.1, -0.05) is 54.6 Å². The molecule has 0 fully saturated rings. The Balaban J connectivity index is 0.000000329. The van der Waals surface area contributed by atoms with Crippen molar-refractivity contribution in [2.75, 3.05) is 13.2 Å². The van der Waals surface area contributed by atoms with Crippen molar-refractivity contribution in [2.45, 2.75) is 40.2 Å². The molecule has 3 rings (SSSR count). The molecule has 0 aliphatic heterocycles. The lowest BCUT2D eigenvalue weighted by Crippen LogP contribution is -2.38. The largest absolute Gasteiger partial charge is 0.481 e. The number of nitrogens with one attached hydrogen (secondary N) is 1. The van der Waals surface area contributed by atoms with Crippen LogP contribution in [0, 0.1) is 0 Å². The van der Waals surface area contributed by atoms with Crippen LogP contribution in [-0.4, -0.2) is 35.7 Å². The average molecular weight is 483 g/mol. The second kappa shape index (κ2) is 15.8. The van der Waals surface area contributed by atoms with Gasteiger partial charge in [0.25, 0.3) is 5.97 Å². The van der Waals surface area contributed by atoms with Gasteiger partial charge in [0, 0.05) is 25.9 Å². The standard InChI is InChI=1S/C18H15P.C8H17NO2.C2H4O2/c1-4-10-16(11-5-1)19(17-12-6-2-7-13-17)18-14-8-3-9-15-18;1-7(10)11-6-5-9-8(2,3)4;1-2(3)4/h1-15H;9H,5-6H2,1-4H3;1H3,(H,3,4)/p+1. The highest BCUT2D eigenvalue weighted by atomic mass is 31.1. The maximum absolute atomic E-state index is 10.3. The third-order valence-corrected chi connectivity index (χ3v) is 6.98. The van der Waals surface area contributed by atoms with Crippen molar-refractivity contribution in [1.82, 2.24) is 5.32 Å². The van der Waals surface area contributed by atoms with Crippen molar-refractivity contribution >= 4 is 35.8 Å². The van der Waals surface area contributed by atoms with E-state index in [1.807, 2.05) is 0 Å². The van der Waals surface area contributed by atoms with Crippen LogP contribution in [0.5, 0.6) is 0 Å². The maximum Gasteiger partial charge on any atom is 0.302 e. The van der Waals surface area contributed by atoms with Gasteiger partial charge in [-0.05, 0) is 57.2 Å². The number of hydrogen-bond donors (Lipinski definition) is 2. The number of ether oxygens (including phenoxy) is 1. The minimum absolute atomic E-state index is 0.0974. The Morgan fingerprint density at radius 2 is 1.09 bits per heavy atom. The molecule has 34 heavy (non-hydrogen) atoms. The van der Waals surface area contributed by atoms with Crippen molar-refractivity contribution in [2.24, 2.45) is 0 Å². The van der Waals surface area contributed by atoms with E-state index in [-0.39, 0.29) is 11.5 Å². The summed E-state index contributed by atoms with van der Waals surface area (Å²) in [4.78, 5) is 19.3. The number of esters is 1. The average Bonchev–Trinajstić information content (AvgIpc) is 2.79. The normalized spacial score (nSPS) is 10.3. The summed E-state index contributed by atoms with van der Waals surface area (Å²) in [5.41, 5.74) is 0.0974. The van der Waals surface area contributed by atoms with E-state index >= 15 is 0 Å². The van der Waals surface area contributed by atoms with Gasteiger partial charge < -0.3 is 15.2 Å². The molecule has 0 spiro atoms. The number of hydrogen-bond acceptors (Lipinski definition) is 4. The molecule has 0 atom stereocenters. The molecule has 0 saturated heterocycles. The zero-order valence-corrected chi connectivity index (χ0v) is 21.7. The van der Waals surface area contributed by atoms with Gasteiger partial charge in [0.15, 0.2) is 0 Å². The van der Waals surface area contributed by atoms with E-state index in [2.05, 4.69) is 117 Å². The second-order valence-electron chi connectivity index (χ2n) is 8.51. The fourth-order valence-corrected chi connectivity index (χ4v) is 5.51. The summed E-state index contributed by atoms with van der Waals surface area (Å²) in [5, 5.41) is 14.9. The number of rotatable bonds is 6. The van der Waals surface area contributed by atoms with Crippen LogP contribution in [0.4, 0.5) is 0 Å². The van der Waals surface area contributed by atoms with Crippen LogP contribution < -0.4 is 21.2 Å². The first-order valence-corrected chi connectivity index (χ1v) is 12.7. The smallest absolute Gasteiger partial charge is 0.302 e. The molecule has 0 aromatic heterocycles. The third kappa shape index (κ3) is 13.5. The predicted octanol–water partition coefficient (Wildman–Crippen LogP) is 4.21. The number of benzene rings is 3. The van der Waals surface area contributed by atoms with Crippen LogP contribution >= 0.6 is 7.92 Å². The Morgan fingerprint density at radius 1 is 0.765 bits per heavy atom. The van der Waals surface area contributed by atoms with Crippen LogP contribution in [0.3, 0.4) is 0 Å². The molecule has 6 heteroatoms. The van der Waals surface area contributed by atoms with Gasteiger partial charge in [-0.25, -0.2) is 0 Å². The van der Waals surface area contributed by atoms with Crippen molar-refractivity contribution in [3.8, 4) is 0 Å². The Hall–Kier alpha value is -3.01. The molecule has 182 valence electrons. The first-order valence-electron chi connectivity index (χ1n) is 11.2. The van der Waals surface area contributed by atoms with Gasteiger partial charge in [0.1, 0.15) is 22.5 Å². The Morgan fingerprint density at radius 3 is 1.35 bits per heavy atom. The summed E-state index contributed by atoms with van der Waals surface area (Å²) in [6.07, 6.45) is 0. The minimum Gasteiger partial charge on any atom is -0.481 e. The monoisotopic (exact) mass is 482 g/mol. The van der Waals surface area contributed by atoms with Crippen molar-refractivity contribution in [3.63, 3.8) is 0 Å². The van der Waals surface area contributed by atoms with E-state index in [4.69, 9.17) is 14.6 Å². The van der Waals surface area contributed by atoms with Crippen LogP contribution in [0.2, 0.25) is 0 Å². The molecule has 0 amide bonds. The molecule has 0 aliphatic carbocycles. The van der Waals surface area contributed by atoms with Crippen molar-refractivity contribution in [3.05, 3.63) is 91.0 Å². The van der Waals surface area contributed by atoms with E-state index in [1.165, 1.54) is 22.8 Å². The molecule has 0 saturated carbocycles. The molecule has 3 aromatic carbocycles. The lowest BCUT2D eigenvalue weighted by atomic mass is 10.1. The highest BCUT2D eigenvalue weighted by Crippen LogP contribution is 2.32. The first kappa shape index (κ1) is 29.0. The highest BCUT2D eigenvalue weighted by molar-refractivity contribution is 7.79. The molecule has 0 heterocycles. The van der Waals surface area contributed by atoms with Crippen molar-refractivity contribution < 1.29 is 19.4 Å². The molecular formula is C28H37NO4P+. The fourth-order valence-electron chi connectivity index (χ4n) is 2.94. The number of carbonyl (C=O) groups excluding carboxylic acids is 1. The number of carbonyl (C=O) groups is 2. The Kier molecular flexibility index (Phi) is 13.5. The van der Waals surface area contributed by atoms with Gasteiger partial charge in [-0.3, -0.25) is 9.59 Å². The minimum atomic E-state index is -0.877. The van der Waals surface area contributed by atoms with Gasteiger partial charge in [-0.15, -0.1) is 0 Å². The van der Waals surface area contributed by atoms with Crippen LogP contribution in [-0.2, 0) is 14.3 Å². The van der Waals surface area contributed by atoms with Crippen molar-refractivity contribution in [1.29, 1.82) is 0 Å². The molecule has 0 radical (unpaired) electrons. The molecule has 0 bridgehead atoms. The molecular weight excluding hydrogens is 445 g/mol. The summed E-state index contributed by atoms with van der Waals surface area (Å²) in [6, 6.07) is 32.5. The summed E-state index contributed by atoms with van der Waals surface area (Å²) < 4.78 is 4.74. The number of carboxylic acids is 1. The van der Waals surface area contributed by atoms with E-state index in [9.17, 15) is 4.79 Å². The maximum atomic E-state index is 10.3. The fraction of sp³-hybridized carbons (Fsp3) is 0.286. The highest BCUT2D eigenvalue weighted by Gasteiger charge is 2.24. The van der Waals surface area contributed by atoms with Gasteiger partial charge in [0.2, 0.25) is 0 Å². The lowest BCUT2D eigenvalue weighted by Gasteiger charge is -2.19. The van der Waals surface area contributed by atoms with Gasteiger partial charge >= 0.3 is 5.97 Å². The van der Waals surface area contributed by atoms with Crippen LogP contribution in [0.15, 0.2) is 91.0 Å². The zero-order valence-electron chi connectivity index (χ0n) is 20.7. The summed E-state index contributed by atoms with van der Waals surface area (Å²) >= 11 is 0. The summed E-state index contributed by atoms with van der Waals surface area (Å²) in [6.45, 7) is 9.87. The molecule has 0 unspecified atom stereocenters. The quantitative estimate of drug-likeness (QED) is 0.313. The SMILES string of the molecule is CC(=O)O.CC(=O)OCCNC(C)(C)C.c1ccc([PH+](c2ccccc2)c2ccccc2)cc1. The van der Waals surface area contributed by atoms with Crippen LogP contribution in [0.1, 0.15) is 34.6 Å². The van der Waals surface area contributed by atoms with E-state index in [0.717, 1.165) is 6.92 Å². The van der Waals surface area contributed by atoms with E-state index in [0.29, 0.717) is 13.2 Å². The van der Waals surface area contributed by atoms with Gasteiger partial charge in [-0.2, -0.15) is 0 Å². The summed E-state index contributed by atoms with van der Waals surface area (Å²) in [7, 11) is -0.877. The summed E-state index contributed by atoms with van der Waals surface area (Å²) in [5.74, 6) is -1.05. The number of carboxylic acid groups (broad SMARTS) is 1. The topological polar surface area (TPSA) is 75.6 Å². The molecule has 0 aliphatic rings. The molecule has 5 nitrogen and oxygen atoms in total. The predicted molar refractivity (Wildman–Crippen MR) is 144 cm³/mol. The Labute approximate surface area is 204 Å². The third-order valence-electron chi connectivity index (χ3n) is 4.25.